The highest BCUT2D eigenvalue weighted by atomic mass is 19.1. The summed E-state index contributed by atoms with van der Waals surface area (Å²) in [7, 11) is 1.88. The topological polar surface area (TPSA) is 32.3 Å². The van der Waals surface area contributed by atoms with Gasteiger partial charge in [-0.15, -0.1) is 0 Å². The maximum Gasteiger partial charge on any atom is 0.259 e. The molecule has 2 atom stereocenters. The van der Waals surface area contributed by atoms with Gasteiger partial charge in [0.2, 0.25) is 0 Å². The van der Waals surface area contributed by atoms with Crippen molar-refractivity contribution in [3.63, 3.8) is 0 Å². The van der Waals surface area contributed by atoms with Gasteiger partial charge in [0.05, 0.1) is 0 Å². The highest BCUT2D eigenvalue weighted by Crippen LogP contribution is 2.21. The lowest BCUT2D eigenvalue weighted by atomic mass is 9.93. The predicted molar refractivity (Wildman–Crippen MR) is 68.9 cm³/mol. The molecule has 0 radical (unpaired) electrons. The SMILES string of the molecule is CNC1CCN(C(=O)c2c(F)cccc2F)CC1C. The average molecular weight is 268 g/mol. The zero-order chi connectivity index (χ0) is 14.0. The van der Waals surface area contributed by atoms with Crippen molar-refractivity contribution in [2.75, 3.05) is 20.1 Å². The van der Waals surface area contributed by atoms with Gasteiger partial charge in [0.25, 0.3) is 5.91 Å². The van der Waals surface area contributed by atoms with Crippen LogP contribution in [0.15, 0.2) is 18.2 Å². The van der Waals surface area contributed by atoms with E-state index in [0.29, 0.717) is 19.1 Å². The molecule has 5 heteroatoms. The van der Waals surface area contributed by atoms with Crippen LogP contribution in [0.1, 0.15) is 23.7 Å². The number of piperidine rings is 1. The number of carbonyl (C=O) groups excluding carboxylic acids is 1. The van der Waals surface area contributed by atoms with E-state index in [1.54, 1.807) is 0 Å². The Morgan fingerprint density at radius 1 is 1.37 bits per heavy atom. The van der Waals surface area contributed by atoms with Crippen molar-refractivity contribution in [2.45, 2.75) is 19.4 Å². The monoisotopic (exact) mass is 268 g/mol. The summed E-state index contributed by atoms with van der Waals surface area (Å²) >= 11 is 0. The second-order valence-corrected chi connectivity index (χ2v) is 5.01. The molecule has 2 unspecified atom stereocenters. The van der Waals surface area contributed by atoms with E-state index in [1.807, 2.05) is 14.0 Å². The number of nitrogens with zero attached hydrogens (tertiary/aromatic N) is 1. The maximum atomic E-state index is 13.6. The molecule has 19 heavy (non-hydrogen) atoms. The van der Waals surface area contributed by atoms with E-state index in [0.717, 1.165) is 18.6 Å². The number of hydrogen-bond acceptors (Lipinski definition) is 2. The quantitative estimate of drug-likeness (QED) is 0.890. The molecule has 1 aromatic carbocycles. The Kier molecular flexibility index (Phi) is 4.14. The van der Waals surface area contributed by atoms with Crippen LogP contribution in [0.4, 0.5) is 8.78 Å². The molecule has 1 heterocycles. The fourth-order valence-electron chi connectivity index (χ4n) is 2.62. The summed E-state index contributed by atoms with van der Waals surface area (Å²) in [5.74, 6) is -1.89. The van der Waals surface area contributed by atoms with Crippen LogP contribution in [0, 0.1) is 17.6 Å². The zero-order valence-corrected chi connectivity index (χ0v) is 11.1. The van der Waals surface area contributed by atoms with E-state index in [1.165, 1.54) is 11.0 Å². The molecule has 0 bridgehead atoms. The fraction of sp³-hybridized carbons (Fsp3) is 0.500. The first-order valence-corrected chi connectivity index (χ1v) is 6.45. The number of nitrogens with one attached hydrogen (secondary N) is 1. The van der Waals surface area contributed by atoms with Gasteiger partial charge in [0.15, 0.2) is 0 Å². The summed E-state index contributed by atoms with van der Waals surface area (Å²) in [6.45, 7) is 3.05. The molecule has 1 aromatic rings. The molecule has 0 saturated carbocycles. The van der Waals surface area contributed by atoms with E-state index < -0.39 is 23.1 Å². The van der Waals surface area contributed by atoms with Crippen LogP contribution in [-0.2, 0) is 0 Å². The Hall–Kier alpha value is -1.49. The molecular weight excluding hydrogens is 250 g/mol. The second-order valence-electron chi connectivity index (χ2n) is 5.01. The molecule has 1 amide bonds. The molecular formula is C14H18F2N2O. The molecule has 104 valence electrons. The van der Waals surface area contributed by atoms with Gasteiger partial charge in [0, 0.05) is 19.1 Å². The molecule has 0 aliphatic carbocycles. The van der Waals surface area contributed by atoms with E-state index in [2.05, 4.69) is 5.32 Å². The lowest BCUT2D eigenvalue weighted by molar-refractivity contribution is 0.0639. The maximum absolute atomic E-state index is 13.6. The van der Waals surface area contributed by atoms with Crippen molar-refractivity contribution in [1.82, 2.24) is 10.2 Å². The number of carbonyl (C=O) groups is 1. The Balaban J connectivity index is 2.17. The largest absolute Gasteiger partial charge is 0.338 e. The summed E-state index contributed by atoms with van der Waals surface area (Å²) in [4.78, 5) is 13.7. The molecule has 1 aliphatic rings. The molecule has 3 nitrogen and oxygen atoms in total. The van der Waals surface area contributed by atoms with Crippen LogP contribution in [0.2, 0.25) is 0 Å². The highest BCUT2D eigenvalue weighted by Gasteiger charge is 2.30. The minimum atomic E-state index is -0.798. The smallest absolute Gasteiger partial charge is 0.259 e. The minimum Gasteiger partial charge on any atom is -0.338 e. The lowest BCUT2D eigenvalue weighted by Gasteiger charge is -2.36. The van der Waals surface area contributed by atoms with Crippen LogP contribution in [0.25, 0.3) is 0 Å². The fourth-order valence-corrected chi connectivity index (χ4v) is 2.62. The summed E-state index contributed by atoms with van der Waals surface area (Å²) in [6, 6.07) is 3.83. The van der Waals surface area contributed by atoms with Crippen molar-refractivity contribution < 1.29 is 13.6 Å². The Morgan fingerprint density at radius 3 is 2.53 bits per heavy atom. The van der Waals surface area contributed by atoms with Gasteiger partial charge in [-0.3, -0.25) is 4.79 Å². The third kappa shape index (κ3) is 2.76. The molecule has 1 aliphatic heterocycles. The molecule has 1 N–H and O–H groups in total. The van der Waals surface area contributed by atoms with Crippen LogP contribution >= 0.6 is 0 Å². The average Bonchev–Trinajstić information content (AvgIpc) is 2.38. The molecule has 1 fully saturated rings. The summed E-state index contributed by atoms with van der Waals surface area (Å²) < 4.78 is 27.2. The molecule has 2 rings (SSSR count). The van der Waals surface area contributed by atoms with Crippen LogP contribution in [0.3, 0.4) is 0 Å². The van der Waals surface area contributed by atoms with Gasteiger partial charge in [-0.1, -0.05) is 13.0 Å². The third-order valence-electron chi connectivity index (χ3n) is 3.74. The summed E-state index contributed by atoms with van der Waals surface area (Å²) in [5.41, 5.74) is -0.447. The predicted octanol–water partition coefficient (Wildman–Crippen LogP) is 2.03. The van der Waals surface area contributed by atoms with Gasteiger partial charge in [0.1, 0.15) is 17.2 Å². The van der Waals surface area contributed by atoms with Crippen molar-refractivity contribution >= 4 is 5.91 Å². The minimum absolute atomic E-state index is 0.262. The van der Waals surface area contributed by atoms with Gasteiger partial charge < -0.3 is 10.2 Å². The molecule has 0 aromatic heterocycles. The van der Waals surface area contributed by atoms with Crippen LogP contribution < -0.4 is 5.32 Å². The van der Waals surface area contributed by atoms with E-state index in [-0.39, 0.29) is 5.92 Å². The van der Waals surface area contributed by atoms with Gasteiger partial charge in [-0.25, -0.2) is 8.78 Å². The molecule has 1 saturated heterocycles. The number of benzene rings is 1. The lowest BCUT2D eigenvalue weighted by Crippen LogP contribution is -2.49. The van der Waals surface area contributed by atoms with Crippen molar-refractivity contribution in [2.24, 2.45) is 5.92 Å². The van der Waals surface area contributed by atoms with E-state index >= 15 is 0 Å². The van der Waals surface area contributed by atoms with Crippen molar-refractivity contribution in [3.8, 4) is 0 Å². The number of rotatable bonds is 2. The van der Waals surface area contributed by atoms with Crippen molar-refractivity contribution in [1.29, 1.82) is 0 Å². The van der Waals surface area contributed by atoms with Gasteiger partial charge in [-0.05, 0) is 31.5 Å². The second kappa shape index (κ2) is 5.65. The summed E-state index contributed by atoms with van der Waals surface area (Å²) in [5, 5.41) is 3.19. The normalized spacial score (nSPS) is 23.5. The zero-order valence-electron chi connectivity index (χ0n) is 11.1. The first kappa shape index (κ1) is 13.9. The van der Waals surface area contributed by atoms with Crippen molar-refractivity contribution in [3.05, 3.63) is 35.4 Å². The first-order valence-electron chi connectivity index (χ1n) is 6.45. The number of amides is 1. The Morgan fingerprint density at radius 2 is 2.00 bits per heavy atom. The third-order valence-corrected chi connectivity index (χ3v) is 3.74. The van der Waals surface area contributed by atoms with Crippen LogP contribution in [-0.4, -0.2) is 37.0 Å². The number of hydrogen-bond donors (Lipinski definition) is 1. The summed E-state index contributed by atoms with van der Waals surface area (Å²) in [6.07, 6.45) is 0.791. The number of likely N-dealkylation sites (tertiary alicyclic amines) is 1. The molecule has 0 spiro atoms. The standard InChI is InChI=1S/C14H18F2N2O/c1-9-8-18(7-6-12(9)17-2)14(19)13-10(15)4-3-5-11(13)16/h3-5,9,12,17H,6-8H2,1-2H3. The highest BCUT2D eigenvalue weighted by molar-refractivity contribution is 5.94. The first-order chi connectivity index (χ1) is 9.04. The Bertz CT molecular complexity index is 458. The van der Waals surface area contributed by atoms with Crippen LogP contribution in [0.5, 0.6) is 0 Å². The van der Waals surface area contributed by atoms with Gasteiger partial charge >= 0.3 is 0 Å². The Labute approximate surface area is 111 Å². The van der Waals surface area contributed by atoms with Gasteiger partial charge in [-0.2, -0.15) is 0 Å². The van der Waals surface area contributed by atoms with E-state index in [9.17, 15) is 13.6 Å². The van der Waals surface area contributed by atoms with E-state index in [4.69, 9.17) is 0 Å². The number of halogens is 2.